The number of carbonyl (C=O) groups is 2. The van der Waals surface area contributed by atoms with Gasteiger partial charge in [0.25, 0.3) is 0 Å². The Hall–Kier alpha value is -2.89. The van der Waals surface area contributed by atoms with Crippen LogP contribution in [0.2, 0.25) is 0 Å². The van der Waals surface area contributed by atoms with Crippen LogP contribution in [0, 0.1) is 5.82 Å². The topological polar surface area (TPSA) is 61.8 Å². The fourth-order valence-electron chi connectivity index (χ4n) is 1.04. The predicted octanol–water partition coefficient (Wildman–Crippen LogP) is 2.50. The van der Waals surface area contributed by atoms with Crippen molar-refractivity contribution >= 4 is 11.9 Å². The van der Waals surface area contributed by atoms with Crippen LogP contribution in [-0.2, 0) is 14.3 Å². The molecule has 0 atom stereocenters. The molecule has 0 saturated carbocycles. The Morgan fingerprint density at radius 1 is 1.10 bits per heavy atom. The zero-order valence-corrected chi connectivity index (χ0v) is 10.4. The van der Waals surface area contributed by atoms with Crippen molar-refractivity contribution in [1.82, 2.24) is 0 Å². The van der Waals surface area contributed by atoms with E-state index in [0.29, 0.717) is 0 Å². The van der Waals surface area contributed by atoms with Crippen LogP contribution in [0.25, 0.3) is 0 Å². The summed E-state index contributed by atoms with van der Waals surface area (Å²) in [5.41, 5.74) is 0. The molecular formula is C14H11FO5. The molecule has 0 aliphatic carbocycles. The van der Waals surface area contributed by atoms with Crippen molar-refractivity contribution in [2.24, 2.45) is 0 Å². The molecule has 1 aromatic carbocycles. The molecular weight excluding hydrogens is 267 g/mol. The maximum absolute atomic E-state index is 13.6. The molecule has 1 aromatic rings. The molecule has 0 heterocycles. The van der Waals surface area contributed by atoms with Crippen molar-refractivity contribution in [2.75, 3.05) is 0 Å². The van der Waals surface area contributed by atoms with Gasteiger partial charge < -0.3 is 14.2 Å². The lowest BCUT2D eigenvalue weighted by atomic mass is 10.3. The Morgan fingerprint density at radius 3 is 2.40 bits per heavy atom. The molecule has 20 heavy (non-hydrogen) atoms. The highest BCUT2D eigenvalue weighted by Gasteiger charge is 2.06. The molecule has 0 unspecified atom stereocenters. The van der Waals surface area contributed by atoms with E-state index in [9.17, 15) is 14.0 Å². The number of hydrogen-bond donors (Lipinski definition) is 0. The summed E-state index contributed by atoms with van der Waals surface area (Å²) < 4.78 is 27.6. The predicted molar refractivity (Wildman–Crippen MR) is 68.3 cm³/mol. The number of rotatable bonds is 6. The molecule has 5 nitrogen and oxygen atoms in total. The molecule has 0 fully saturated rings. The molecule has 0 spiro atoms. The lowest BCUT2D eigenvalue weighted by Gasteiger charge is -2.05. The highest BCUT2D eigenvalue weighted by molar-refractivity contribution is 5.83. The second-order valence-electron chi connectivity index (χ2n) is 3.25. The van der Waals surface area contributed by atoms with Crippen LogP contribution in [-0.4, -0.2) is 11.9 Å². The van der Waals surface area contributed by atoms with Crippen LogP contribution in [0.15, 0.2) is 56.0 Å². The molecule has 6 heteroatoms. The fraction of sp³-hybridized carbons (Fsp3) is 0. The second-order valence-corrected chi connectivity index (χ2v) is 3.25. The van der Waals surface area contributed by atoms with Crippen molar-refractivity contribution in [2.45, 2.75) is 0 Å². The van der Waals surface area contributed by atoms with Gasteiger partial charge in [-0.15, -0.1) is 0 Å². The van der Waals surface area contributed by atoms with Crippen molar-refractivity contribution < 1.29 is 28.2 Å². The number of carbonyl (C=O) groups excluding carboxylic acids is 2. The van der Waals surface area contributed by atoms with E-state index in [1.165, 1.54) is 12.1 Å². The number of halogens is 1. The van der Waals surface area contributed by atoms with E-state index in [1.807, 2.05) is 0 Å². The molecule has 0 aliphatic rings. The lowest BCUT2D eigenvalue weighted by Crippen LogP contribution is -2.03. The highest BCUT2D eigenvalue weighted by atomic mass is 19.1. The molecule has 1 rings (SSSR count). The molecule has 0 amide bonds. The Labute approximate surface area is 114 Å². The summed E-state index contributed by atoms with van der Waals surface area (Å²) in [6, 6.07) is 3.56. The van der Waals surface area contributed by atoms with E-state index < -0.39 is 17.8 Å². The summed E-state index contributed by atoms with van der Waals surface area (Å²) >= 11 is 0. The molecule has 0 bridgehead atoms. The van der Waals surface area contributed by atoms with Crippen LogP contribution in [0.1, 0.15) is 0 Å². The quantitative estimate of drug-likeness (QED) is 0.346. The molecule has 0 aromatic heterocycles. The molecule has 104 valence electrons. The van der Waals surface area contributed by atoms with Gasteiger partial charge in [-0.2, -0.15) is 0 Å². The standard InChI is InChI=1S/C14H11FO5/c1-3-13(16)19-8-7-18-12-6-5-10(9-11(12)15)20-14(17)4-2/h3-9H,1-2H2/b8-7-. The van der Waals surface area contributed by atoms with E-state index in [2.05, 4.69) is 17.9 Å². The van der Waals surface area contributed by atoms with Crippen molar-refractivity contribution in [3.63, 3.8) is 0 Å². The van der Waals surface area contributed by atoms with Crippen molar-refractivity contribution in [3.05, 3.63) is 61.9 Å². The van der Waals surface area contributed by atoms with Gasteiger partial charge in [0.15, 0.2) is 11.6 Å². The summed E-state index contributed by atoms with van der Waals surface area (Å²) in [7, 11) is 0. The Bertz CT molecular complexity index is 563. The summed E-state index contributed by atoms with van der Waals surface area (Å²) in [6.45, 7) is 6.41. The van der Waals surface area contributed by atoms with Crippen LogP contribution >= 0.6 is 0 Å². The van der Waals surface area contributed by atoms with E-state index >= 15 is 0 Å². The van der Waals surface area contributed by atoms with Gasteiger partial charge in [0.1, 0.15) is 18.3 Å². The SMILES string of the molecule is C=CC(=O)O/C=C\Oc1ccc(OC(=O)C=C)cc1F. The Morgan fingerprint density at radius 2 is 1.80 bits per heavy atom. The van der Waals surface area contributed by atoms with E-state index in [4.69, 9.17) is 9.47 Å². The minimum atomic E-state index is -0.751. The van der Waals surface area contributed by atoms with Gasteiger partial charge in [0.2, 0.25) is 0 Å². The zero-order valence-electron chi connectivity index (χ0n) is 10.4. The van der Waals surface area contributed by atoms with Gasteiger partial charge in [0, 0.05) is 18.2 Å². The van der Waals surface area contributed by atoms with Crippen LogP contribution < -0.4 is 9.47 Å². The first-order valence-corrected chi connectivity index (χ1v) is 5.35. The molecule has 0 aliphatic heterocycles. The van der Waals surface area contributed by atoms with Crippen molar-refractivity contribution in [1.29, 1.82) is 0 Å². The maximum Gasteiger partial charge on any atom is 0.335 e. The molecule has 0 radical (unpaired) electrons. The lowest BCUT2D eigenvalue weighted by molar-refractivity contribution is -0.132. The minimum Gasteiger partial charge on any atom is -0.459 e. The first kappa shape index (κ1) is 15.2. The average molecular weight is 278 g/mol. The number of benzene rings is 1. The van der Waals surface area contributed by atoms with Gasteiger partial charge in [0.05, 0.1) is 0 Å². The van der Waals surface area contributed by atoms with Gasteiger partial charge in [-0.25, -0.2) is 14.0 Å². The number of hydrogen-bond acceptors (Lipinski definition) is 5. The first-order chi connectivity index (χ1) is 9.56. The van der Waals surface area contributed by atoms with Gasteiger partial charge in [-0.05, 0) is 12.1 Å². The number of esters is 2. The maximum atomic E-state index is 13.6. The largest absolute Gasteiger partial charge is 0.459 e. The molecule has 0 N–H and O–H groups in total. The zero-order chi connectivity index (χ0) is 15.0. The van der Waals surface area contributed by atoms with Gasteiger partial charge >= 0.3 is 11.9 Å². The number of ether oxygens (including phenoxy) is 3. The third kappa shape index (κ3) is 4.77. The minimum absolute atomic E-state index is 0.0156. The third-order valence-corrected chi connectivity index (χ3v) is 1.89. The normalized spacial score (nSPS) is 9.85. The van der Waals surface area contributed by atoms with Crippen LogP contribution in [0.3, 0.4) is 0 Å². The summed E-state index contributed by atoms with van der Waals surface area (Å²) in [5.74, 6) is -2.23. The van der Waals surface area contributed by atoms with Crippen LogP contribution in [0.5, 0.6) is 11.5 Å². The first-order valence-electron chi connectivity index (χ1n) is 5.35. The van der Waals surface area contributed by atoms with E-state index in [-0.39, 0.29) is 11.5 Å². The monoisotopic (exact) mass is 278 g/mol. The molecule has 0 saturated heterocycles. The fourth-order valence-corrected chi connectivity index (χ4v) is 1.04. The van der Waals surface area contributed by atoms with Gasteiger partial charge in [-0.1, -0.05) is 13.2 Å². The Kier molecular flexibility index (Phi) is 5.71. The average Bonchev–Trinajstić information content (AvgIpc) is 2.44. The van der Waals surface area contributed by atoms with E-state index in [0.717, 1.165) is 30.7 Å². The van der Waals surface area contributed by atoms with Gasteiger partial charge in [-0.3, -0.25) is 0 Å². The third-order valence-electron chi connectivity index (χ3n) is 1.89. The highest BCUT2D eigenvalue weighted by Crippen LogP contribution is 2.23. The smallest absolute Gasteiger partial charge is 0.335 e. The summed E-state index contributed by atoms with van der Waals surface area (Å²) in [4.78, 5) is 21.6. The summed E-state index contributed by atoms with van der Waals surface area (Å²) in [6.07, 6.45) is 3.84. The van der Waals surface area contributed by atoms with Crippen LogP contribution in [0.4, 0.5) is 4.39 Å². The summed E-state index contributed by atoms with van der Waals surface area (Å²) in [5, 5.41) is 0. The Balaban J connectivity index is 2.64. The van der Waals surface area contributed by atoms with Crippen molar-refractivity contribution in [3.8, 4) is 11.5 Å². The second kappa shape index (κ2) is 7.52. The van der Waals surface area contributed by atoms with E-state index in [1.54, 1.807) is 0 Å².